The largest absolute Gasteiger partial charge is 0.506 e. The van der Waals surface area contributed by atoms with Gasteiger partial charge in [-0.25, -0.2) is 0 Å². The Kier molecular flexibility index (Phi) is 5.86. The molecule has 0 heterocycles. The van der Waals surface area contributed by atoms with Gasteiger partial charge in [-0.2, -0.15) is 11.8 Å². The van der Waals surface area contributed by atoms with Crippen LogP contribution < -0.4 is 5.32 Å². The minimum Gasteiger partial charge on any atom is -0.506 e. The number of hydrogen-bond donors (Lipinski definition) is 2. The SMILES string of the molecule is CN(C)CCSCC(=O)Nc1ccccc1O. The van der Waals surface area contributed by atoms with Gasteiger partial charge in [-0.3, -0.25) is 4.79 Å². The van der Waals surface area contributed by atoms with E-state index in [4.69, 9.17) is 0 Å². The molecule has 1 aromatic rings. The van der Waals surface area contributed by atoms with Gasteiger partial charge in [-0.1, -0.05) is 12.1 Å². The van der Waals surface area contributed by atoms with E-state index in [-0.39, 0.29) is 11.7 Å². The minimum absolute atomic E-state index is 0.0877. The number of aromatic hydroxyl groups is 1. The Hall–Kier alpha value is -1.20. The highest BCUT2D eigenvalue weighted by atomic mass is 32.2. The van der Waals surface area contributed by atoms with Crippen LogP contribution >= 0.6 is 11.8 Å². The smallest absolute Gasteiger partial charge is 0.234 e. The van der Waals surface area contributed by atoms with Crippen molar-refractivity contribution in [2.45, 2.75) is 0 Å². The zero-order valence-corrected chi connectivity index (χ0v) is 11.0. The highest BCUT2D eigenvalue weighted by Crippen LogP contribution is 2.21. The monoisotopic (exact) mass is 254 g/mol. The van der Waals surface area contributed by atoms with Crippen LogP contribution in [0.3, 0.4) is 0 Å². The van der Waals surface area contributed by atoms with Gasteiger partial charge in [0.25, 0.3) is 0 Å². The van der Waals surface area contributed by atoms with E-state index < -0.39 is 0 Å². The number of thioether (sulfide) groups is 1. The summed E-state index contributed by atoms with van der Waals surface area (Å²) < 4.78 is 0. The van der Waals surface area contributed by atoms with Crippen molar-refractivity contribution in [2.24, 2.45) is 0 Å². The fourth-order valence-electron chi connectivity index (χ4n) is 1.18. The Morgan fingerprint density at radius 3 is 2.76 bits per heavy atom. The Labute approximate surface area is 106 Å². The Balaban J connectivity index is 2.28. The molecule has 0 aliphatic carbocycles. The molecule has 0 atom stereocenters. The summed E-state index contributed by atoms with van der Waals surface area (Å²) in [5.41, 5.74) is 0.464. The summed E-state index contributed by atoms with van der Waals surface area (Å²) in [6.07, 6.45) is 0. The summed E-state index contributed by atoms with van der Waals surface area (Å²) in [5.74, 6) is 1.33. The number of phenolic OH excluding ortho intramolecular Hbond substituents is 1. The standard InChI is InChI=1S/C12H18N2O2S/c1-14(2)7-8-17-9-12(16)13-10-5-3-4-6-11(10)15/h3-6,15H,7-9H2,1-2H3,(H,13,16). The molecule has 5 heteroatoms. The van der Waals surface area contributed by atoms with E-state index in [0.29, 0.717) is 11.4 Å². The van der Waals surface area contributed by atoms with E-state index in [1.165, 1.54) is 0 Å². The molecule has 0 saturated heterocycles. The highest BCUT2D eigenvalue weighted by Gasteiger charge is 2.05. The fourth-order valence-corrected chi connectivity index (χ4v) is 2.07. The first-order valence-electron chi connectivity index (χ1n) is 5.40. The van der Waals surface area contributed by atoms with Crippen LogP contribution in [-0.4, -0.2) is 48.1 Å². The summed E-state index contributed by atoms with van der Waals surface area (Å²) in [4.78, 5) is 13.6. The molecule has 0 bridgehead atoms. The van der Waals surface area contributed by atoms with Crippen LogP contribution in [0.15, 0.2) is 24.3 Å². The normalized spacial score (nSPS) is 10.5. The predicted octanol–water partition coefficient (Wildman–Crippen LogP) is 1.63. The number of nitrogens with zero attached hydrogens (tertiary/aromatic N) is 1. The first kappa shape index (κ1) is 13.9. The lowest BCUT2D eigenvalue weighted by Gasteiger charge is -2.09. The molecule has 0 unspecified atom stereocenters. The van der Waals surface area contributed by atoms with Crippen molar-refractivity contribution in [3.8, 4) is 5.75 Å². The number of benzene rings is 1. The highest BCUT2D eigenvalue weighted by molar-refractivity contribution is 7.99. The van der Waals surface area contributed by atoms with Crippen molar-refractivity contribution in [2.75, 3.05) is 37.5 Å². The molecule has 0 saturated carbocycles. The predicted molar refractivity (Wildman–Crippen MR) is 72.6 cm³/mol. The molecule has 1 aromatic carbocycles. The summed E-state index contributed by atoms with van der Waals surface area (Å²) in [5, 5.41) is 12.2. The molecule has 0 aliphatic heterocycles. The molecule has 1 rings (SSSR count). The second kappa shape index (κ2) is 7.19. The molecule has 4 nitrogen and oxygen atoms in total. The average molecular weight is 254 g/mol. The van der Waals surface area contributed by atoms with E-state index in [1.807, 2.05) is 14.1 Å². The lowest BCUT2D eigenvalue weighted by Crippen LogP contribution is -2.18. The number of para-hydroxylation sites is 2. The molecule has 17 heavy (non-hydrogen) atoms. The van der Waals surface area contributed by atoms with Crippen LogP contribution in [0.25, 0.3) is 0 Å². The Morgan fingerprint density at radius 1 is 1.41 bits per heavy atom. The molecular formula is C12H18N2O2S. The molecule has 0 aromatic heterocycles. The van der Waals surface area contributed by atoms with E-state index in [0.717, 1.165) is 12.3 Å². The summed E-state index contributed by atoms with van der Waals surface area (Å²) in [6, 6.07) is 6.72. The van der Waals surface area contributed by atoms with Crippen LogP contribution in [0.2, 0.25) is 0 Å². The first-order valence-corrected chi connectivity index (χ1v) is 6.55. The Morgan fingerprint density at radius 2 is 2.12 bits per heavy atom. The maximum atomic E-state index is 11.6. The van der Waals surface area contributed by atoms with Crippen LogP contribution in [0.4, 0.5) is 5.69 Å². The van der Waals surface area contributed by atoms with Crippen molar-refractivity contribution in [3.63, 3.8) is 0 Å². The number of nitrogens with one attached hydrogen (secondary N) is 1. The summed E-state index contributed by atoms with van der Waals surface area (Å²) in [6.45, 7) is 0.953. The molecule has 0 radical (unpaired) electrons. The van der Waals surface area contributed by atoms with Gasteiger partial charge in [0.05, 0.1) is 11.4 Å². The van der Waals surface area contributed by atoms with Crippen molar-refractivity contribution in [1.82, 2.24) is 4.90 Å². The third-order valence-electron chi connectivity index (χ3n) is 2.09. The number of carbonyl (C=O) groups is 1. The lowest BCUT2D eigenvalue weighted by molar-refractivity contribution is -0.113. The number of anilines is 1. The fraction of sp³-hybridized carbons (Fsp3) is 0.417. The van der Waals surface area contributed by atoms with Gasteiger partial charge >= 0.3 is 0 Å². The lowest BCUT2D eigenvalue weighted by atomic mass is 10.3. The van der Waals surface area contributed by atoms with Crippen LogP contribution in [0.1, 0.15) is 0 Å². The molecular weight excluding hydrogens is 236 g/mol. The van der Waals surface area contributed by atoms with E-state index >= 15 is 0 Å². The van der Waals surface area contributed by atoms with Crippen LogP contribution in [0.5, 0.6) is 5.75 Å². The molecule has 0 fully saturated rings. The van der Waals surface area contributed by atoms with Crippen LogP contribution in [0, 0.1) is 0 Å². The maximum absolute atomic E-state index is 11.6. The van der Waals surface area contributed by atoms with Gasteiger partial charge in [0, 0.05) is 12.3 Å². The van der Waals surface area contributed by atoms with E-state index in [2.05, 4.69) is 10.2 Å². The quantitative estimate of drug-likeness (QED) is 0.598. The zero-order chi connectivity index (χ0) is 12.7. The number of rotatable bonds is 6. The van der Waals surface area contributed by atoms with Gasteiger partial charge in [0.2, 0.25) is 5.91 Å². The van der Waals surface area contributed by atoms with Crippen molar-refractivity contribution < 1.29 is 9.90 Å². The van der Waals surface area contributed by atoms with Gasteiger partial charge in [-0.05, 0) is 26.2 Å². The van der Waals surface area contributed by atoms with E-state index in [9.17, 15) is 9.90 Å². The maximum Gasteiger partial charge on any atom is 0.234 e. The van der Waals surface area contributed by atoms with Gasteiger partial charge in [-0.15, -0.1) is 0 Å². The topological polar surface area (TPSA) is 52.6 Å². The number of amides is 1. The van der Waals surface area contributed by atoms with Crippen molar-refractivity contribution in [1.29, 1.82) is 0 Å². The molecule has 2 N–H and O–H groups in total. The second-order valence-electron chi connectivity index (χ2n) is 3.92. The average Bonchev–Trinajstić information content (AvgIpc) is 2.27. The first-order chi connectivity index (χ1) is 8.09. The third-order valence-corrected chi connectivity index (χ3v) is 3.03. The molecule has 0 spiro atoms. The molecule has 1 amide bonds. The number of hydrogen-bond acceptors (Lipinski definition) is 4. The van der Waals surface area contributed by atoms with Gasteiger partial charge < -0.3 is 15.3 Å². The van der Waals surface area contributed by atoms with Gasteiger partial charge in [0.1, 0.15) is 5.75 Å². The Bertz CT molecular complexity index is 369. The molecule has 0 aliphatic rings. The van der Waals surface area contributed by atoms with Crippen LogP contribution in [-0.2, 0) is 4.79 Å². The second-order valence-corrected chi connectivity index (χ2v) is 5.03. The van der Waals surface area contributed by atoms with Crippen molar-refractivity contribution >= 4 is 23.4 Å². The summed E-state index contributed by atoms with van der Waals surface area (Å²) in [7, 11) is 4.01. The number of phenols is 1. The van der Waals surface area contributed by atoms with Gasteiger partial charge in [0.15, 0.2) is 0 Å². The number of carbonyl (C=O) groups excluding carboxylic acids is 1. The summed E-state index contributed by atoms with van der Waals surface area (Å²) >= 11 is 1.58. The minimum atomic E-state index is -0.0877. The molecule has 94 valence electrons. The van der Waals surface area contributed by atoms with E-state index in [1.54, 1.807) is 36.0 Å². The van der Waals surface area contributed by atoms with Crippen molar-refractivity contribution in [3.05, 3.63) is 24.3 Å². The zero-order valence-electron chi connectivity index (χ0n) is 10.1. The third kappa shape index (κ3) is 5.60.